The summed E-state index contributed by atoms with van der Waals surface area (Å²) in [6, 6.07) is 20.8. The van der Waals surface area contributed by atoms with Crippen LogP contribution in [0.1, 0.15) is 23.6 Å². The van der Waals surface area contributed by atoms with Gasteiger partial charge in [-0.2, -0.15) is 5.26 Å². The summed E-state index contributed by atoms with van der Waals surface area (Å²) in [6.45, 7) is 2.13. The molecule has 1 heterocycles. The van der Waals surface area contributed by atoms with Crippen molar-refractivity contribution < 1.29 is 17.9 Å². The summed E-state index contributed by atoms with van der Waals surface area (Å²) in [5, 5.41) is 9.39. The molecule has 1 aliphatic heterocycles. The van der Waals surface area contributed by atoms with E-state index in [1.54, 1.807) is 49.4 Å². The van der Waals surface area contributed by atoms with Gasteiger partial charge in [0.2, 0.25) is 0 Å². The van der Waals surface area contributed by atoms with Crippen molar-refractivity contribution >= 4 is 21.6 Å². The van der Waals surface area contributed by atoms with Crippen LogP contribution in [0.4, 0.5) is 5.69 Å². The average Bonchev–Trinajstić information content (AvgIpc) is 3.02. The Balaban J connectivity index is 2.01. The van der Waals surface area contributed by atoms with E-state index in [1.165, 1.54) is 30.3 Å². The SMILES string of the molecule is CCOc1ccccc1C1(N)C(=O)N(S(=O)(=O)c2ccccc2)c2ccc(C#N)cc21. The minimum Gasteiger partial charge on any atom is -0.493 e. The molecule has 0 aromatic heterocycles. The number of ether oxygens (including phenoxy) is 1. The minimum atomic E-state index is -4.24. The monoisotopic (exact) mass is 433 g/mol. The van der Waals surface area contributed by atoms with Crippen LogP contribution in [0.25, 0.3) is 0 Å². The second-order valence-electron chi connectivity index (χ2n) is 6.97. The lowest BCUT2D eigenvalue weighted by Gasteiger charge is -2.26. The van der Waals surface area contributed by atoms with Crippen molar-refractivity contribution in [2.24, 2.45) is 5.73 Å². The summed E-state index contributed by atoms with van der Waals surface area (Å²) < 4.78 is 33.3. The Labute approximate surface area is 180 Å². The fourth-order valence-electron chi connectivity index (χ4n) is 3.75. The first-order valence-corrected chi connectivity index (χ1v) is 11.0. The number of nitrogens with two attached hydrogens (primary N) is 1. The summed E-state index contributed by atoms with van der Waals surface area (Å²) in [7, 11) is -4.24. The van der Waals surface area contributed by atoms with Gasteiger partial charge in [-0.3, -0.25) is 4.79 Å². The van der Waals surface area contributed by atoms with E-state index >= 15 is 0 Å². The largest absolute Gasteiger partial charge is 0.493 e. The second-order valence-corrected chi connectivity index (χ2v) is 8.76. The smallest absolute Gasteiger partial charge is 0.270 e. The van der Waals surface area contributed by atoms with Crippen LogP contribution in [-0.2, 0) is 20.4 Å². The molecule has 0 spiro atoms. The number of hydrogen-bond donors (Lipinski definition) is 1. The van der Waals surface area contributed by atoms with Gasteiger partial charge in [-0.15, -0.1) is 0 Å². The topological polar surface area (TPSA) is 113 Å². The maximum atomic E-state index is 13.7. The van der Waals surface area contributed by atoms with Crippen LogP contribution in [0.3, 0.4) is 0 Å². The molecule has 1 atom stereocenters. The molecule has 2 N–H and O–H groups in total. The fourth-order valence-corrected chi connectivity index (χ4v) is 5.25. The quantitative estimate of drug-likeness (QED) is 0.662. The molecule has 0 aliphatic carbocycles. The lowest BCUT2D eigenvalue weighted by molar-refractivity contribution is -0.120. The van der Waals surface area contributed by atoms with E-state index in [0.717, 1.165) is 4.31 Å². The molecule has 3 aromatic rings. The number of anilines is 1. The number of carbonyl (C=O) groups excluding carboxylic acids is 1. The molecule has 156 valence electrons. The maximum Gasteiger partial charge on any atom is 0.270 e. The highest BCUT2D eigenvalue weighted by Gasteiger charge is 2.55. The molecular weight excluding hydrogens is 414 g/mol. The third-order valence-electron chi connectivity index (χ3n) is 5.18. The first-order valence-electron chi connectivity index (χ1n) is 9.56. The molecule has 4 rings (SSSR count). The normalized spacial score (nSPS) is 17.8. The molecule has 31 heavy (non-hydrogen) atoms. The number of nitrogens with zero attached hydrogens (tertiary/aromatic N) is 2. The highest BCUT2D eigenvalue weighted by atomic mass is 32.2. The number of nitriles is 1. The van der Waals surface area contributed by atoms with Crippen molar-refractivity contribution in [1.29, 1.82) is 5.26 Å². The van der Waals surface area contributed by atoms with Gasteiger partial charge in [0.15, 0.2) is 5.54 Å². The molecule has 0 radical (unpaired) electrons. The molecular formula is C23H19N3O4S. The Morgan fingerprint density at radius 2 is 1.71 bits per heavy atom. The van der Waals surface area contributed by atoms with Crippen molar-refractivity contribution in [1.82, 2.24) is 0 Å². The van der Waals surface area contributed by atoms with Crippen molar-refractivity contribution in [3.8, 4) is 11.8 Å². The molecule has 1 amide bonds. The zero-order valence-electron chi connectivity index (χ0n) is 16.6. The van der Waals surface area contributed by atoms with Gasteiger partial charge >= 0.3 is 0 Å². The lowest BCUT2D eigenvalue weighted by Crippen LogP contribution is -2.49. The Morgan fingerprint density at radius 3 is 2.39 bits per heavy atom. The van der Waals surface area contributed by atoms with Gasteiger partial charge in [0, 0.05) is 11.1 Å². The molecule has 8 heteroatoms. The zero-order valence-corrected chi connectivity index (χ0v) is 17.5. The molecule has 0 saturated carbocycles. The molecule has 7 nitrogen and oxygen atoms in total. The van der Waals surface area contributed by atoms with E-state index in [0.29, 0.717) is 17.9 Å². The van der Waals surface area contributed by atoms with Crippen LogP contribution < -0.4 is 14.8 Å². The van der Waals surface area contributed by atoms with Crippen molar-refractivity contribution in [2.45, 2.75) is 17.4 Å². The fraction of sp³-hybridized carbons (Fsp3) is 0.130. The van der Waals surface area contributed by atoms with Crippen LogP contribution in [0.15, 0.2) is 77.7 Å². The van der Waals surface area contributed by atoms with Gasteiger partial charge in [0.1, 0.15) is 5.75 Å². The number of carbonyl (C=O) groups is 1. The van der Waals surface area contributed by atoms with Crippen molar-refractivity contribution in [3.05, 3.63) is 89.5 Å². The van der Waals surface area contributed by atoms with E-state index in [9.17, 15) is 18.5 Å². The van der Waals surface area contributed by atoms with Gasteiger partial charge in [-0.1, -0.05) is 36.4 Å². The summed E-state index contributed by atoms with van der Waals surface area (Å²) in [6.07, 6.45) is 0. The van der Waals surface area contributed by atoms with Crippen molar-refractivity contribution in [3.63, 3.8) is 0 Å². The van der Waals surface area contributed by atoms with Crippen LogP contribution in [0, 0.1) is 11.3 Å². The third-order valence-corrected chi connectivity index (χ3v) is 6.90. The predicted molar refractivity (Wildman–Crippen MR) is 115 cm³/mol. The molecule has 0 fully saturated rings. The summed E-state index contributed by atoms with van der Waals surface area (Å²) >= 11 is 0. The standard InChI is InChI=1S/C23H19N3O4S/c1-2-30-21-11-7-6-10-18(21)23(25)19-14-16(15-24)12-13-20(19)26(22(23)27)31(28,29)17-8-4-3-5-9-17/h3-14H,2,25H2,1H3. The van der Waals surface area contributed by atoms with Crippen LogP contribution in [0.5, 0.6) is 5.75 Å². The van der Waals surface area contributed by atoms with E-state index in [2.05, 4.69) is 0 Å². The number of rotatable bonds is 5. The van der Waals surface area contributed by atoms with Gasteiger partial charge in [0.05, 0.1) is 28.8 Å². The van der Waals surface area contributed by atoms with Gasteiger partial charge in [-0.05, 0) is 43.3 Å². The number of benzene rings is 3. The predicted octanol–water partition coefficient (Wildman–Crippen LogP) is 2.89. The van der Waals surface area contributed by atoms with Crippen LogP contribution >= 0.6 is 0 Å². The second kappa shape index (κ2) is 7.54. The Bertz CT molecular complexity index is 1320. The van der Waals surface area contributed by atoms with Gasteiger partial charge < -0.3 is 10.5 Å². The summed E-state index contributed by atoms with van der Waals surface area (Å²) in [5.74, 6) is -0.471. The zero-order chi connectivity index (χ0) is 22.2. The lowest BCUT2D eigenvalue weighted by atomic mass is 9.83. The Hall–Kier alpha value is -3.67. The molecule has 0 saturated heterocycles. The number of fused-ring (bicyclic) bond motifs is 1. The highest BCUT2D eigenvalue weighted by molar-refractivity contribution is 7.93. The van der Waals surface area contributed by atoms with E-state index in [-0.39, 0.29) is 21.7 Å². The van der Waals surface area contributed by atoms with Gasteiger partial charge in [0.25, 0.3) is 15.9 Å². The highest BCUT2D eigenvalue weighted by Crippen LogP contribution is 2.47. The maximum absolute atomic E-state index is 13.7. The average molecular weight is 433 g/mol. The number of sulfonamides is 1. The third kappa shape index (κ3) is 3.06. The van der Waals surface area contributed by atoms with E-state index < -0.39 is 21.5 Å². The first kappa shape index (κ1) is 20.6. The van der Waals surface area contributed by atoms with Crippen molar-refractivity contribution in [2.75, 3.05) is 10.9 Å². The van der Waals surface area contributed by atoms with Gasteiger partial charge in [-0.25, -0.2) is 12.7 Å². The summed E-state index contributed by atoms with van der Waals surface area (Å²) in [5.41, 5.74) is 5.78. The van der Waals surface area contributed by atoms with Crippen LogP contribution in [-0.4, -0.2) is 20.9 Å². The Morgan fingerprint density at radius 1 is 1.03 bits per heavy atom. The minimum absolute atomic E-state index is 0.0407. The van der Waals surface area contributed by atoms with E-state index in [1.807, 2.05) is 6.07 Å². The molecule has 1 unspecified atom stereocenters. The molecule has 0 bridgehead atoms. The first-order chi connectivity index (χ1) is 14.9. The van der Waals surface area contributed by atoms with Crippen LogP contribution in [0.2, 0.25) is 0 Å². The van der Waals surface area contributed by atoms with E-state index in [4.69, 9.17) is 10.5 Å². The number of hydrogen-bond acceptors (Lipinski definition) is 6. The number of amides is 1. The molecule has 1 aliphatic rings. The molecule has 3 aromatic carbocycles. The Kier molecular flexibility index (Phi) is 5.01. The summed E-state index contributed by atoms with van der Waals surface area (Å²) in [4.78, 5) is 13.7. The number of para-hydroxylation sites is 1.